The number of rotatable bonds is 3. The van der Waals surface area contributed by atoms with Crippen molar-refractivity contribution in [3.63, 3.8) is 0 Å². The molecule has 20 heavy (non-hydrogen) atoms. The third-order valence-corrected chi connectivity index (χ3v) is 5.86. The first-order valence-electron chi connectivity index (χ1n) is 6.82. The van der Waals surface area contributed by atoms with Gasteiger partial charge in [0.1, 0.15) is 10.7 Å². The van der Waals surface area contributed by atoms with Crippen molar-refractivity contribution in [2.24, 2.45) is 5.92 Å². The smallest absolute Gasteiger partial charge is 0.246 e. The largest absolute Gasteiger partial charge is 0.398 e. The molecule has 0 amide bonds. The van der Waals surface area contributed by atoms with Gasteiger partial charge in [0.15, 0.2) is 0 Å². The van der Waals surface area contributed by atoms with E-state index in [4.69, 9.17) is 5.73 Å². The summed E-state index contributed by atoms with van der Waals surface area (Å²) < 4.78 is 40.8. The Kier molecular flexibility index (Phi) is 4.07. The zero-order valence-electron chi connectivity index (χ0n) is 12.1. The van der Waals surface area contributed by atoms with Gasteiger partial charge in [-0.3, -0.25) is 0 Å². The minimum atomic E-state index is -3.82. The lowest BCUT2D eigenvalue weighted by Gasteiger charge is -2.27. The minimum absolute atomic E-state index is 0.0677. The van der Waals surface area contributed by atoms with Crippen LogP contribution in [0.25, 0.3) is 0 Å². The van der Waals surface area contributed by atoms with E-state index < -0.39 is 15.8 Å². The van der Waals surface area contributed by atoms with Crippen molar-refractivity contribution in [2.75, 3.05) is 12.3 Å². The highest BCUT2D eigenvalue weighted by atomic mass is 32.2. The Morgan fingerprint density at radius 1 is 1.40 bits per heavy atom. The van der Waals surface area contributed by atoms with Crippen LogP contribution in [0, 0.1) is 18.7 Å². The van der Waals surface area contributed by atoms with E-state index in [-0.39, 0.29) is 16.9 Å². The predicted molar refractivity (Wildman–Crippen MR) is 77.3 cm³/mol. The van der Waals surface area contributed by atoms with Crippen LogP contribution in [0.3, 0.4) is 0 Å². The number of hydrogen-bond donors (Lipinski definition) is 1. The number of aryl methyl sites for hydroxylation is 1. The Morgan fingerprint density at radius 3 is 2.65 bits per heavy atom. The molecular weight excluding hydrogens is 279 g/mol. The number of nitrogens with zero attached hydrogens (tertiary/aromatic N) is 1. The summed E-state index contributed by atoms with van der Waals surface area (Å²) in [5.41, 5.74) is 6.57. The van der Waals surface area contributed by atoms with Gasteiger partial charge in [-0.25, -0.2) is 12.8 Å². The van der Waals surface area contributed by atoms with Crippen LogP contribution < -0.4 is 5.73 Å². The first-order chi connectivity index (χ1) is 9.25. The third-order valence-electron chi connectivity index (χ3n) is 3.93. The Hall–Kier alpha value is -1.14. The zero-order valence-corrected chi connectivity index (χ0v) is 12.9. The van der Waals surface area contributed by atoms with Crippen LogP contribution in [0.1, 0.15) is 32.3 Å². The molecule has 0 aromatic heterocycles. The molecule has 1 aliphatic rings. The Morgan fingerprint density at radius 2 is 2.05 bits per heavy atom. The van der Waals surface area contributed by atoms with Gasteiger partial charge in [0.25, 0.3) is 0 Å². The average Bonchev–Trinajstić information content (AvgIpc) is 2.83. The molecule has 1 unspecified atom stereocenters. The molecule has 1 atom stereocenters. The molecule has 0 bridgehead atoms. The summed E-state index contributed by atoms with van der Waals surface area (Å²) in [5.74, 6) is -0.524. The molecule has 1 aromatic carbocycles. The van der Waals surface area contributed by atoms with Crippen LogP contribution in [0.2, 0.25) is 0 Å². The molecule has 2 N–H and O–H groups in total. The number of anilines is 1. The van der Waals surface area contributed by atoms with Crippen LogP contribution >= 0.6 is 0 Å². The van der Waals surface area contributed by atoms with E-state index in [0.717, 1.165) is 12.8 Å². The van der Waals surface area contributed by atoms with E-state index in [2.05, 4.69) is 0 Å². The molecule has 1 aromatic rings. The van der Waals surface area contributed by atoms with Gasteiger partial charge in [-0.1, -0.05) is 13.8 Å². The maximum atomic E-state index is 14.0. The molecule has 1 heterocycles. The second-order valence-corrected chi connectivity index (χ2v) is 7.57. The molecule has 1 aliphatic heterocycles. The highest BCUT2D eigenvalue weighted by Crippen LogP contribution is 2.32. The Labute approximate surface area is 119 Å². The summed E-state index contributed by atoms with van der Waals surface area (Å²) in [6.07, 6.45) is 1.63. The quantitative estimate of drug-likeness (QED) is 0.872. The second-order valence-electron chi connectivity index (χ2n) is 5.71. The molecule has 0 spiro atoms. The maximum absolute atomic E-state index is 14.0. The fraction of sp³-hybridized carbons (Fsp3) is 0.571. The Bertz CT molecular complexity index is 614. The van der Waals surface area contributed by atoms with Crippen molar-refractivity contribution in [1.29, 1.82) is 0 Å². The van der Waals surface area contributed by atoms with Crippen LogP contribution in [0.5, 0.6) is 0 Å². The van der Waals surface area contributed by atoms with Crippen LogP contribution in [-0.4, -0.2) is 25.3 Å². The van der Waals surface area contributed by atoms with Crippen LogP contribution in [0.4, 0.5) is 10.1 Å². The average molecular weight is 300 g/mol. The van der Waals surface area contributed by atoms with Gasteiger partial charge in [-0.2, -0.15) is 4.31 Å². The molecule has 6 heteroatoms. The first kappa shape index (κ1) is 15.3. The predicted octanol–water partition coefficient (Wildman–Crippen LogP) is 2.53. The van der Waals surface area contributed by atoms with Crippen molar-refractivity contribution >= 4 is 15.7 Å². The highest BCUT2D eigenvalue weighted by Gasteiger charge is 2.38. The van der Waals surface area contributed by atoms with Gasteiger partial charge in [0, 0.05) is 18.3 Å². The van der Waals surface area contributed by atoms with Crippen LogP contribution in [0.15, 0.2) is 17.0 Å². The molecule has 4 nitrogen and oxygen atoms in total. The number of nitrogens with two attached hydrogens (primary N) is 1. The second kappa shape index (κ2) is 5.33. The first-order valence-corrected chi connectivity index (χ1v) is 8.26. The standard InChI is InChI=1S/C14H21FN2O2S/c1-9(2)13-5-4-6-17(13)20(18,19)14-8-12(16)10(3)7-11(14)15/h7-9,13H,4-6,16H2,1-3H3. The summed E-state index contributed by atoms with van der Waals surface area (Å²) in [5, 5.41) is 0. The Balaban J connectivity index is 2.48. The van der Waals surface area contributed by atoms with Crippen LogP contribution in [-0.2, 0) is 10.0 Å². The summed E-state index contributed by atoms with van der Waals surface area (Å²) in [6.45, 7) is 6.07. The molecule has 2 rings (SSSR count). The van der Waals surface area contributed by atoms with Gasteiger partial charge < -0.3 is 5.73 Å². The molecular formula is C14H21FN2O2S. The van der Waals surface area contributed by atoms with E-state index in [1.54, 1.807) is 6.92 Å². The van der Waals surface area contributed by atoms with Crippen molar-refractivity contribution in [1.82, 2.24) is 4.31 Å². The molecule has 1 saturated heterocycles. The van der Waals surface area contributed by atoms with E-state index in [1.807, 2.05) is 13.8 Å². The summed E-state index contributed by atoms with van der Waals surface area (Å²) >= 11 is 0. The molecule has 0 saturated carbocycles. The van der Waals surface area contributed by atoms with E-state index >= 15 is 0 Å². The highest BCUT2D eigenvalue weighted by molar-refractivity contribution is 7.89. The molecule has 1 fully saturated rings. The molecule has 112 valence electrons. The van der Waals surface area contributed by atoms with E-state index in [0.29, 0.717) is 17.8 Å². The van der Waals surface area contributed by atoms with E-state index in [9.17, 15) is 12.8 Å². The molecule has 0 aliphatic carbocycles. The third kappa shape index (κ3) is 2.54. The lowest BCUT2D eigenvalue weighted by molar-refractivity contribution is 0.314. The lowest BCUT2D eigenvalue weighted by atomic mass is 10.0. The number of benzene rings is 1. The van der Waals surface area contributed by atoms with Crippen molar-refractivity contribution in [2.45, 2.75) is 44.6 Å². The molecule has 0 radical (unpaired) electrons. The van der Waals surface area contributed by atoms with Gasteiger partial charge in [-0.15, -0.1) is 0 Å². The van der Waals surface area contributed by atoms with Gasteiger partial charge >= 0.3 is 0 Å². The van der Waals surface area contributed by atoms with Crippen molar-refractivity contribution < 1.29 is 12.8 Å². The summed E-state index contributed by atoms with van der Waals surface area (Å²) in [6, 6.07) is 2.35. The van der Waals surface area contributed by atoms with E-state index in [1.165, 1.54) is 16.4 Å². The van der Waals surface area contributed by atoms with Gasteiger partial charge in [0.2, 0.25) is 10.0 Å². The van der Waals surface area contributed by atoms with Gasteiger partial charge in [-0.05, 0) is 43.4 Å². The number of halogens is 1. The minimum Gasteiger partial charge on any atom is -0.398 e. The van der Waals surface area contributed by atoms with Gasteiger partial charge in [0.05, 0.1) is 0 Å². The number of nitrogen functional groups attached to an aromatic ring is 1. The number of sulfonamides is 1. The topological polar surface area (TPSA) is 63.4 Å². The zero-order chi connectivity index (χ0) is 15.1. The number of hydrogen-bond acceptors (Lipinski definition) is 3. The van der Waals surface area contributed by atoms with Crippen molar-refractivity contribution in [3.05, 3.63) is 23.5 Å². The van der Waals surface area contributed by atoms with Crippen molar-refractivity contribution in [3.8, 4) is 0 Å². The summed E-state index contributed by atoms with van der Waals surface area (Å²) in [7, 11) is -3.82. The fourth-order valence-electron chi connectivity index (χ4n) is 2.72. The maximum Gasteiger partial charge on any atom is 0.246 e. The normalized spacial score (nSPS) is 20.8. The monoisotopic (exact) mass is 300 g/mol. The fourth-order valence-corrected chi connectivity index (χ4v) is 4.63. The summed E-state index contributed by atoms with van der Waals surface area (Å²) in [4.78, 5) is -0.312. The lowest BCUT2D eigenvalue weighted by Crippen LogP contribution is -2.38. The SMILES string of the molecule is Cc1cc(F)c(S(=O)(=O)N2CCCC2C(C)C)cc1N.